The number of hydrogen-bond acceptors (Lipinski definition) is 8. The summed E-state index contributed by atoms with van der Waals surface area (Å²) >= 11 is 1.45. The van der Waals surface area contributed by atoms with Crippen LogP contribution in [0, 0.1) is 0 Å². The number of esters is 1. The van der Waals surface area contributed by atoms with Gasteiger partial charge in [0.05, 0.1) is 30.7 Å². The number of pyridine rings is 1. The van der Waals surface area contributed by atoms with E-state index < -0.39 is 5.97 Å². The molecule has 0 bridgehead atoms. The van der Waals surface area contributed by atoms with Gasteiger partial charge in [-0.3, -0.25) is 4.79 Å². The van der Waals surface area contributed by atoms with Gasteiger partial charge >= 0.3 is 5.97 Å². The Morgan fingerprint density at radius 3 is 2.66 bits per heavy atom. The average Bonchev–Trinajstić information content (AvgIpc) is 3.34. The zero-order valence-electron chi connectivity index (χ0n) is 19.3. The van der Waals surface area contributed by atoms with Crippen LogP contribution in [0.2, 0.25) is 0 Å². The number of aromatic nitrogens is 2. The van der Waals surface area contributed by atoms with Crippen LogP contribution in [-0.4, -0.2) is 36.2 Å². The molecule has 2 aliphatic carbocycles. The number of ether oxygens (including phenoxy) is 2. The van der Waals surface area contributed by atoms with E-state index in [0.29, 0.717) is 38.8 Å². The SMILES string of the molecule is COC(=O)c1c(NC(=O)c2cc(C3CC3)nc3onc(-c4ccc(OC)cc4)c23)sc2c1CCC2. The Kier molecular flexibility index (Phi) is 5.29. The normalized spacial score (nSPS) is 14.7. The second-order valence-electron chi connectivity index (χ2n) is 8.82. The number of aryl methyl sites for hydroxylation is 1. The number of nitrogens with one attached hydrogen (secondary N) is 1. The van der Waals surface area contributed by atoms with E-state index in [0.717, 1.165) is 59.6 Å². The molecule has 0 unspecified atom stereocenters. The Balaban J connectivity index is 1.45. The average molecular weight is 490 g/mol. The smallest absolute Gasteiger partial charge is 0.341 e. The van der Waals surface area contributed by atoms with Gasteiger partial charge in [-0.15, -0.1) is 11.3 Å². The lowest BCUT2D eigenvalue weighted by atomic mass is 10.0. The van der Waals surface area contributed by atoms with Crippen molar-refractivity contribution in [3.05, 3.63) is 57.6 Å². The van der Waals surface area contributed by atoms with E-state index in [2.05, 4.69) is 15.5 Å². The van der Waals surface area contributed by atoms with Gasteiger partial charge < -0.3 is 19.3 Å². The molecule has 0 atom stereocenters. The molecule has 35 heavy (non-hydrogen) atoms. The Hall–Kier alpha value is -3.72. The van der Waals surface area contributed by atoms with E-state index >= 15 is 0 Å². The van der Waals surface area contributed by atoms with E-state index in [4.69, 9.17) is 14.0 Å². The van der Waals surface area contributed by atoms with Crippen LogP contribution in [0.3, 0.4) is 0 Å². The summed E-state index contributed by atoms with van der Waals surface area (Å²) in [5.74, 6) is 0.274. The molecule has 0 radical (unpaired) electrons. The summed E-state index contributed by atoms with van der Waals surface area (Å²) in [7, 11) is 2.97. The summed E-state index contributed by atoms with van der Waals surface area (Å²) in [5, 5.41) is 8.32. The highest BCUT2D eigenvalue weighted by Crippen LogP contribution is 2.43. The summed E-state index contributed by atoms with van der Waals surface area (Å²) in [4.78, 5) is 32.1. The summed E-state index contributed by atoms with van der Waals surface area (Å²) in [6.07, 6.45) is 4.77. The zero-order chi connectivity index (χ0) is 24.1. The van der Waals surface area contributed by atoms with Gasteiger partial charge in [0.1, 0.15) is 16.4 Å². The fourth-order valence-electron chi connectivity index (χ4n) is 4.66. The first-order valence-electron chi connectivity index (χ1n) is 11.6. The minimum atomic E-state index is -0.429. The summed E-state index contributed by atoms with van der Waals surface area (Å²) < 4.78 is 15.9. The van der Waals surface area contributed by atoms with E-state index in [1.165, 1.54) is 18.4 Å². The number of methoxy groups -OCH3 is 2. The molecule has 1 N–H and O–H groups in total. The highest BCUT2D eigenvalue weighted by Gasteiger charge is 2.32. The third-order valence-electron chi connectivity index (χ3n) is 6.61. The molecule has 1 fully saturated rings. The van der Waals surface area contributed by atoms with Crippen molar-refractivity contribution >= 4 is 39.3 Å². The van der Waals surface area contributed by atoms with Crippen LogP contribution in [0.4, 0.5) is 5.00 Å². The molecule has 0 spiro atoms. The van der Waals surface area contributed by atoms with Gasteiger partial charge in [-0.05, 0) is 68.0 Å². The van der Waals surface area contributed by atoms with Gasteiger partial charge in [-0.2, -0.15) is 0 Å². The van der Waals surface area contributed by atoms with Crippen molar-refractivity contribution in [3.63, 3.8) is 0 Å². The number of anilines is 1. The van der Waals surface area contributed by atoms with E-state index in [-0.39, 0.29) is 5.91 Å². The number of carbonyl (C=O) groups is 2. The van der Waals surface area contributed by atoms with E-state index in [1.807, 2.05) is 30.3 Å². The third kappa shape index (κ3) is 3.76. The maximum atomic E-state index is 13.7. The maximum absolute atomic E-state index is 13.7. The fraction of sp³-hybridized carbons (Fsp3) is 0.308. The number of hydrogen-bond donors (Lipinski definition) is 1. The second-order valence-corrected chi connectivity index (χ2v) is 9.92. The van der Waals surface area contributed by atoms with E-state index in [9.17, 15) is 9.59 Å². The van der Waals surface area contributed by atoms with Crippen LogP contribution in [-0.2, 0) is 17.6 Å². The van der Waals surface area contributed by atoms with Crippen LogP contribution < -0.4 is 10.1 Å². The number of fused-ring (bicyclic) bond motifs is 2. The summed E-state index contributed by atoms with van der Waals surface area (Å²) in [6.45, 7) is 0. The summed E-state index contributed by atoms with van der Waals surface area (Å²) in [6, 6.07) is 9.23. The predicted molar refractivity (Wildman–Crippen MR) is 131 cm³/mol. The van der Waals surface area contributed by atoms with Crippen molar-refractivity contribution in [2.75, 3.05) is 19.5 Å². The lowest BCUT2D eigenvalue weighted by Crippen LogP contribution is -2.15. The topological polar surface area (TPSA) is 104 Å². The largest absolute Gasteiger partial charge is 0.497 e. The van der Waals surface area contributed by atoms with Crippen LogP contribution in [0.1, 0.15) is 62.0 Å². The molecular weight excluding hydrogens is 466 g/mol. The minimum Gasteiger partial charge on any atom is -0.497 e. The number of amides is 1. The Labute approximate surface area is 205 Å². The van der Waals surface area contributed by atoms with Crippen molar-refractivity contribution < 1.29 is 23.6 Å². The second kappa shape index (κ2) is 8.49. The van der Waals surface area contributed by atoms with Gasteiger partial charge in [0, 0.05) is 22.1 Å². The van der Waals surface area contributed by atoms with Gasteiger partial charge in [0.2, 0.25) is 0 Å². The lowest BCUT2D eigenvalue weighted by molar-refractivity contribution is 0.0601. The molecule has 6 rings (SSSR count). The highest BCUT2D eigenvalue weighted by atomic mass is 32.1. The molecule has 3 aromatic heterocycles. The molecule has 8 nitrogen and oxygen atoms in total. The molecule has 3 heterocycles. The molecule has 1 aromatic carbocycles. The van der Waals surface area contributed by atoms with Crippen molar-refractivity contribution in [1.82, 2.24) is 10.1 Å². The first-order chi connectivity index (χ1) is 17.1. The molecular formula is C26H23N3O5S. The Bertz CT molecular complexity index is 1470. The molecule has 1 amide bonds. The summed E-state index contributed by atoms with van der Waals surface area (Å²) in [5.41, 5.74) is 4.34. The number of nitrogens with zero attached hydrogens (tertiary/aromatic N) is 2. The maximum Gasteiger partial charge on any atom is 0.341 e. The van der Waals surface area contributed by atoms with Crippen molar-refractivity contribution in [2.45, 2.75) is 38.0 Å². The van der Waals surface area contributed by atoms with Gasteiger partial charge in [-0.1, -0.05) is 5.16 Å². The highest BCUT2D eigenvalue weighted by molar-refractivity contribution is 7.17. The van der Waals surface area contributed by atoms with Gasteiger partial charge in [-0.25, -0.2) is 9.78 Å². The van der Waals surface area contributed by atoms with Crippen LogP contribution in [0.15, 0.2) is 34.9 Å². The molecule has 9 heteroatoms. The molecule has 0 aliphatic heterocycles. The Morgan fingerprint density at radius 2 is 1.94 bits per heavy atom. The van der Waals surface area contributed by atoms with E-state index in [1.54, 1.807) is 7.11 Å². The van der Waals surface area contributed by atoms with Crippen LogP contribution in [0.25, 0.3) is 22.4 Å². The van der Waals surface area contributed by atoms with Gasteiger partial charge in [0.25, 0.3) is 11.6 Å². The van der Waals surface area contributed by atoms with Crippen molar-refractivity contribution in [3.8, 4) is 17.0 Å². The molecule has 178 valence electrons. The van der Waals surface area contributed by atoms with Crippen molar-refractivity contribution in [2.24, 2.45) is 0 Å². The molecule has 1 saturated carbocycles. The fourth-order valence-corrected chi connectivity index (χ4v) is 5.94. The van der Waals surface area contributed by atoms with Crippen LogP contribution >= 0.6 is 11.3 Å². The number of carbonyl (C=O) groups excluding carboxylic acids is 2. The van der Waals surface area contributed by atoms with Crippen LogP contribution in [0.5, 0.6) is 5.75 Å². The van der Waals surface area contributed by atoms with Gasteiger partial charge in [0.15, 0.2) is 0 Å². The number of thiophene rings is 1. The molecule has 2 aliphatic rings. The number of benzene rings is 1. The zero-order valence-corrected chi connectivity index (χ0v) is 20.2. The number of rotatable bonds is 6. The standard InChI is InChI=1S/C26H23N3O5S/c1-32-15-10-8-14(9-11-15)22-20-17(12-18(13-6-7-13)27-24(20)34-29-22)23(30)28-25-21(26(31)33-2)16-4-3-5-19(16)35-25/h8-13H,3-7H2,1-2H3,(H,28,30). The lowest BCUT2D eigenvalue weighted by Gasteiger charge is -2.09. The van der Waals surface area contributed by atoms with Crippen molar-refractivity contribution in [1.29, 1.82) is 0 Å². The minimum absolute atomic E-state index is 0.316. The predicted octanol–water partition coefficient (Wildman–Crippen LogP) is 5.36. The molecule has 0 saturated heterocycles. The first kappa shape index (κ1) is 21.8. The first-order valence-corrected chi connectivity index (χ1v) is 12.4. The molecule has 4 aromatic rings. The Morgan fingerprint density at radius 1 is 1.14 bits per heavy atom. The third-order valence-corrected chi connectivity index (χ3v) is 7.82. The quantitative estimate of drug-likeness (QED) is 0.363. The monoisotopic (exact) mass is 489 g/mol.